The second-order valence-electron chi connectivity index (χ2n) is 5.04. The molecule has 0 aromatic heterocycles. The highest BCUT2D eigenvalue weighted by Gasteiger charge is 2.33. The monoisotopic (exact) mass is 300 g/mol. The van der Waals surface area contributed by atoms with Gasteiger partial charge >= 0.3 is 0 Å². The van der Waals surface area contributed by atoms with Gasteiger partial charge < -0.3 is 5.73 Å². The standard InChI is InChI=1S/C13H17FN2O3S/c1-9-4-5-11(14)12(7-9)20(18,19)16-6-2-3-10(8-16)13(15)17/h4-5,7,10H,2-3,6,8H2,1H3,(H2,15,17)/t10-/m1/s1. The normalized spacial score (nSPS) is 20.8. The number of primary amides is 1. The van der Waals surface area contributed by atoms with Crippen LogP contribution in [0, 0.1) is 18.7 Å². The Kier molecular flexibility index (Phi) is 4.10. The van der Waals surface area contributed by atoms with Crippen molar-refractivity contribution in [1.29, 1.82) is 0 Å². The van der Waals surface area contributed by atoms with Crippen molar-refractivity contribution < 1.29 is 17.6 Å². The quantitative estimate of drug-likeness (QED) is 0.905. The lowest BCUT2D eigenvalue weighted by Crippen LogP contribution is -2.44. The van der Waals surface area contributed by atoms with Crippen LogP contribution in [0.2, 0.25) is 0 Å². The molecule has 1 heterocycles. The lowest BCUT2D eigenvalue weighted by atomic mass is 9.99. The molecule has 2 rings (SSSR count). The second kappa shape index (κ2) is 5.49. The van der Waals surface area contributed by atoms with Crippen molar-refractivity contribution in [3.63, 3.8) is 0 Å². The van der Waals surface area contributed by atoms with Gasteiger partial charge in [0.1, 0.15) is 10.7 Å². The zero-order valence-corrected chi connectivity index (χ0v) is 12.0. The van der Waals surface area contributed by atoms with Gasteiger partial charge in [0.25, 0.3) is 0 Å². The summed E-state index contributed by atoms with van der Waals surface area (Å²) >= 11 is 0. The number of halogens is 1. The number of carbonyl (C=O) groups excluding carboxylic acids is 1. The van der Waals surface area contributed by atoms with Crippen molar-refractivity contribution in [3.8, 4) is 0 Å². The Labute approximate surface area is 117 Å². The fourth-order valence-electron chi connectivity index (χ4n) is 2.34. The largest absolute Gasteiger partial charge is 0.369 e. The molecule has 7 heteroatoms. The summed E-state index contributed by atoms with van der Waals surface area (Å²) in [6, 6.07) is 3.95. The van der Waals surface area contributed by atoms with Crippen LogP contribution in [0.25, 0.3) is 0 Å². The predicted molar refractivity (Wildman–Crippen MR) is 71.8 cm³/mol. The first-order valence-electron chi connectivity index (χ1n) is 6.38. The Balaban J connectivity index is 2.35. The summed E-state index contributed by atoms with van der Waals surface area (Å²) in [6.07, 6.45) is 1.11. The van der Waals surface area contributed by atoms with Gasteiger partial charge in [-0.2, -0.15) is 4.31 Å². The van der Waals surface area contributed by atoms with Crippen LogP contribution in [0.5, 0.6) is 0 Å². The van der Waals surface area contributed by atoms with E-state index >= 15 is 0 Å². The number of nitrogens with two attached hydrogens (primary N) is 1. The number of aryl methyl sites for hydroxylation is 1. The summed E-state index contributed by atoms with van der Waals surface area (Å²) < 4.78 is 39.8. The van der Waals surface area contributed by atoms with Crippen LogP contribution >= 0.6 is 0 Å². The second-order valence-corrected chi connectivity index (χ2v) is 6.94. The molecule has 1 aromatic rings. The van der Waals surface area contributed by atoms with E-state index in [1.807, 2.05) is 0 Å². The van der Waals surface area contributed by atoms with Gasteiger partial charge in [0, 0.05) is 13.1 Å². The molecule has 0 unspecified atom stereocenters. The first-order valence-corrected chi connectivity index (χ1v) is 7.82. The molecule has 0 saturated carbocycles. The summed E-state index contributed by atoms with van der Waals surface area (Å²) in [4.78, 5) is 10.9. The first kappa shape index (κ1) is 14.9. The molecule has 1 saturated heterocycles. The number of sulfonamides is 1. The number of amides is 1. The van der Waals surface area contributed by atoms with Gasteiger partial charge in [-0.3, -0.25) is 4.79 Å². The summed E-state index contributed by atoms with van der Waals surface area (Å²) in [5.41, 5.74) is 5.89. The predicted octanol–water partition coefficient (Wildman–Crippen LogP) is 1.02. The van der Waals surface area contributed by atoms with E-state index in [-0.39, 0.29) is 18.0 Å². The van der Waals surface area contributed by atoms with Gasteiger partial charge in [0.05, 0.1) is 5.92 Å². The van der Waals surface area contributed by atoms with E-state index in [1.54, 1.807) is 6.92 Å². The Morgan fingerprint density at radius 1 is 1.45 bits per heavy atom. The van der Waals surface area contributed by atoms with Crippen molar-refractivity contribution in [1.82, 2.24) is 4.31 Å². The molecule has 1 aliphatic heterocycles. The maximum Gasteiger partial charge on any atom is 0.246 e. The van der Waals surface area contributed by atoms with E-state index in [2.05, 4.69) is 0 Å². The van der Waals surface area contributed by atoms with E-state index in [0.717, 1.165) is 10.4 Å². The maximum absolute atomic E-state index is 13.8. The minimum atomic E-state index is -3.93. The highest BCUT2D eigenvalue weighted by atomic mass is 32.2. The topological polar surface area (TPSA) is 80.5 Å². The highest BCUT2D eigenvalue weighted by molar-refractivity contribution is 7.89. The maximum atomic E-state index is 13.8. The number of hydrogen-bond acceptors (Lipinski definition) is 3. The number of rotatable bonds is 3. The molecule has 110 valence electrons. The molecule has 1 atom stereocenters. The Morgan fingerprint density at radius 3 is 2.80 bits per heavy atom. The molecule has 0 aliphatic carbocycles. The van der Waals surface area contributed by atoms with Gasteiger partial charge in [-0.25, -0.2) is 12.8 Å². The van der Waals surface area contributed by atoms with E-state index in [0.29, 0.717) is 18.4 Å². The first-order chi connectivity index (χ1) is 9.32. The number of hydrogen-bond donors (Lipinski definition) is 1. The van der Waals surface area contributed by atoms with Crippen molar-refractivity contribution in [2.75, 3.05) is 13.1 Å². The van der Waals surface area contributed by atoms with Crippen molar-refractivity contribution >= 4 is 15.9 Å². The van der Waals surface area contributed by atoms with Crippen LogP contribution in [0.15, 0.2) is 23.1 Å². The Morgan fingerprint density at radius 2 is 2.15 bits per heavy atom. The molecule has 5 nitrogen and oxygen atoms in total. The number of piperidine rings is 1. The Hall–Kier alpha value is -1.47. The zero-order chi connectivity index (χ0) is 14.9. The molecule has 1 aromatic carbocycles. The van der Waals surface area contributed by atoms with Gasteiger partial charge in [-0.1, -0.05) is 6.07 Å². The lowest BCUT2D eigenvalue weighted by molar-refractivity contribution is -0.122. The van der Waals surface area contributed by atoms with E-state index in [1.165, 1.54) is 12.1 Å². The van der Waals surface area contributed by atoms with Gasteiger partial charge in [-0.15, -0.1) is 0 Å². The SMILES string of the molecule is Cc1ccc(F)c(S(=O)(=O)N2CCC[C@@H](C(N)=O)C2)c1. The average molecular weight is 300 g/mol. The van der Waals surface area contributed by atoms with Crippen LogP contribution in [-0.4, -0.2) is 31.7 Å². The van der Waals surface area contributed by atoms with Crippen LogP contribution in [-0.2, 0) is 14.8 Å². The molecular formula is C13H17FN2O3S. The van der Waals surface area contributed by atoms with Crippen LogP contribution < -0.4 is 5.73 Å². The third kappa shape index (κ3) is 2.83. The van der Waals surface area contributed by atoms with E-state index in [9.17, 15) is 17.6 Å². The van der Waals surface area contributed by atoms with Crippen LogP contribution in [0.3, 0.4) is 0 Å². The molecule has 1 aliphatic rings. The van der Waals surface area contributed by atoms with Gasteiger partial charge in [0.2, 0.25) is 15.9 Å². The van der Waals surface area contributed by atoms with E-state index in [4.69, 9.17) is 5.73 Å². The third-order valence-electron chi connectivity index (χ3n) is 3.49. The van der Waals surface area contributed by atoms with Gasteiger partial charge in [-0.05, 0) is 37.5 Å². The number of carbonyl (C=O) groups is 1. The lowest BCUT2D eigenvalue weighted by Gasteiger charge is -2.30. The molecule has 20 heavy (non-hydrogen) atoms. The van der Waals surface area contributed by atoms with Gasteiger partial charge in [0.15, 0.2) is 0 Å². The molecular weight excluding hydrogens is 283 g/mol. The van der Waals surface area contributed by atoms with Crippen LogP contribution in [0.1, 0.15) is 18.4 Å². The molecule has 0 spiro atoms. The van der Waals surface area contributed by atoms with Crippen molar-refractivity contribution in [3.05, 3.63) is 29.6 Å². The fraction of sp³-hybridized carbons (Fsp3) is 0.462. The zero-order valence-electron chi connectivity index (χ0n) is 11.2. The fourth-order valence-corrected chi connectivity index (χ4v) is 4.01. The minimum absolute atomic E-state index is 0.0189. The van der Waals surface area contributed by atoms with Crippen LogP contribution in [0.4, 0.5) is 4.39 Å². The molecule has 0 bridgehead atoms. The number of nitrogens with zero attached hydrogens (tertiary/aromatic N) is 1. The van der Waals surface area contributed by atoms with Crippen molar-refractivity contribution in [2.24, 2.45) is 11.7 Å². The minimum Gasteiger partial charge on any atom is -0.369 e. The van der Waals surface area contributed by atoms with Crippen molar-refractivity contribution in [2.45, 2.75) is 24.7 Å². The van der Waals surface area contributed by atoms with E-state index < -0.39 is 27.7 Å². The summed E-state index contributed by atoms with van der Waals surface area (Å²) in [6.45, 7) is 1.99. The molecule has 0 radical (unpaired) electrons. The number of benzene rings is 1. The molecule has 1 fully saturated rings. The molecule has 2 N–H and O–H groups in total. The summed E-state index contributed by atoms with van der Waals surface area (Å²) in [5, 5.41) is 0. The third-order valence-corrected chi connectivity index (χ3v) is 5.37. The Bertz CT molecular complexity index is 631. The molecule has 1 amide bonds. The summed E-state index contributed by atoms with van der Waals surface area (Å²) in [7, 11) is -3.93. The summed E-state index contributed by atoms with van der Waals surface area (Å²) in [5.74, 6) is -1.81. The average Bonchev–Trinajstić information content (AvgIpc) is 2.41. The smallest absolute Gasteiger partial charge is 0.246 e. The highest BCUT2D eigenvalue weighted by Crippen LogP contribution is 2.25.